The van der Waals surface area contributed by atoms with Gasteiger partial charge >= 0.3 is 0 Å². The lowest BCUT2D eigenvalue weighted by atomic mass is 9.81. The Morgan fingerprint density at radius 3 is 1.76 bits per heavy atom. The van der Waals surface area contributed by atoms with Crippen LogP contribution in [0, 0.1) is 0 Å². The molecule has 0 radical (unpaired) electrons. The minimum absolute atomic E-state index is 0.0725. The van der Waals surface area contributed by atoms with E-state index in [1.54, 1.807) is 0 Å². The second-order valence-electron chi connectivity index (χ2n) is 13.5. The van der Waals surface area contributed by atoms with E-state index in [0.717, 1.165) is 22.3 Å². The van der Waals surface area contributed by atoms with Gasteiger partial charge in [0.1, 0.15) is 0 Å². The molecule has 2 nitrogen and oxygen atoms in total. The van der Waals surface area contributed by atoms with E-state index in [1.807, 2.05) is 30.5 Å². The van der Waals surface area contributed by atoms with Crippen LogP contribution in [0.5, 0.6) is 0 Å². The Morgan fingerprint density at radius 1 is 0.457 bits per heavy atom. The first-order valence-electron chi connectivity index (χ1n) is 16.0. The van der Waals surface area contributed by atoms with Crippen LogP contribution in [-0.2, 0) is 5.41 Å². The van der Waals surface area contributed by atoms with E-state index in [2.05, 4.69) is 135 Å². The van der Waals surface area contributed by atoms with Crippen LogP contribution in [0.2, 0.25) is 0 Å². The Balaban J connectivity index is 1.29. The lowest BCUT2D eigenvalue weighted by Crippen LogP contribution is -2.10. The van der Waals surface area contributed by atoms with Crippen molar-refractivity contribution in [2.24, 2.45) is 0 Å². The topological polar surface area (TPSA) is 25.8 Å². The monoisotopic (exact) mass is 588 g/mol. The summed E-state index contributed by atoms with van der Waals surface area (Å²) in [6.07, 6.45) is 1.87. The van der Waals surface area contributed by atoms with E-state index in [1.165, 1.54) is 70.9 Å². The van der Waals surface area contributed by atoms with Gasteiger partial charge in [0.2, 0.25) is 0 Å². The zero-order valence-corrected chi connectivity index (χ0v) is 26.2. The first kappa shape index (κ1) is 26.8. The number of benzene rings is 8. The Labute approximate surface area is 268 Å². The molecule has 0 unspecified atom stereocenters. The summed E-state index contributed by atoms with van der Waals surface area (Å²) < 4.78 is 0. The molecule has 0 N–H and O–H groups in total. The van der Waals surface area contributed by atoms with Crippen molar-refractivity contribution in [2.75, 3.05) is 0 Å². The minimum atomic E-state index is 0.0725. The highest BCUT2D eigenvalue weighted by Gasteiger charge is 2.20. The van der Waals surface area contributed by atoms with Gasteiger partial charge in [-0.3, -0.25) is 4.98 Å². The van der Waals surface area contributed by atoms with Gasteiger partial charge in [-0.25, -0.2) is 4.98 Å². The number of hydrogen-bond acceptors (Lipinski definition) is 2. The van der Waals surface area contributed by atoms with Crippen molar-refractivity contribution in [1.29, 1.82) is 0 Å². The second-order valence-corrected chi connectivity index (χ2v) is 13.5. The molecule has 218 valence electrons. The maximum absolute atomic E-state index is 4.89. The van der Waals surface area contributed by atoms with Gasteiger partial charge in [-0.15, -0.1) is 0 Å². The van der Waals surface area contributed by atoms with Crippen molar-refractivity contribution in [3.63, 3.8) is 0 Å². The molecule has 9 rings (SSSR count). The number of aromatic nitrogens is 2. The standard InChI is InChI=1S/C44H32N2/c1-44(2,3)34-23-32-18-20-35-37(28-13-15-29(16-14-28)41-26-45-39-10-6-7-11-40(39)46-41)25-38(36-21-19-33(24-34)42(32)43(35)36)31-17-12-27-8-4-5-9-30(27)22-31/h4-26H,1-3H3. The predicted molar refractivity (Wildman–Crippen MR) is 196 cm³/mol. The van der Waals surface area contributed by atoms with Crippen LogP contribution in [0.25, 0.3) is 87.6 Å². The molecule has 1 heterocycles. The van der Waals surface area contributed by atoms with Crippen molar-refractivity contribution in [3.05, 3.63) is 145 Å². The zero-order chi connectivity index (χ0) is 31.0. The van der Waals surface area contributed by atoms with Crippen molar-refractivity contribution < 1.29 is 0 Å². The minimum Gasteiger partial charge on any atom is -0.252 e. The molecule has 2 heteroatoms. The summed E-state index contributed by atoms with van der Waals surface area (Å²) in [5, 5.41) is 10.3. The van der Waals surface area contributed by atoms with Gasteiger partial charge in [0.05, 0.1) is 22.9 Å². The van der Waals surface area contributed by atoms with Gasteiger partial charge in [0, 0.05) is 5.56 Å². The first-order valence-corrected chi connectivity index (χ1v) is 16.0. The predicted octanol–water partition coefficient (Wildman–Crippen LogP) is 12.0. The molecule has 0 atom stereocenters. The second kappa shape index (κ2) is 9.95. The number of para-hydroxylation sites is 2. The van der Waals surface area contributed by atoms with Gasteiger partial charge in [0.15, 0.2) is 0 Å². The van der Waals surface area contributed by atoms with E-state index in [-0.39, 0.29) is 5.41 Å². The Bertz CT molecular complexity index is 2590. The largest absolute Gasteiger partial charge is 0.252 e. The summed E-state index contributed by atoms with van der Waals surface area (Å²) in [7, 11) is 0. The average Bonchev–Trinajstić information content (AvgIpc) is 3.09. The van der Waals surface area contributed by atoms with Crippen LogP contribution in [-0.4, -0.2) is 9.97 Å². The molecular weight excluding hydrogens is 556 g/mol. The Kier molecular flexibility index (Phi) is 5.79. The van der Waals surface area contributed by atoms with E-state index in [0.29, 0.717) is 0 Å². The summed E-state index contributed by atoms with van der Waals surface area (Å²) in [5.74, 6) is 0. The SMILES string of the molecule is CC(C)(C)c1cc2ccc3c(-c4ccc(-c5cnc6ccccc6n5)cc4)cc(-c4ccc5ccccc5c4)c4ccc(c1)c2c34. The molecule has 0 amide bonds. The zero-order valence-electron chi connectivity index (χ0n) is 26.2. The number of hydrogen-bond donors (Lipinski definition) is 0. The third-order valence-electron chi connectivity index (χ3n) is 9.58. The Hall–Kier alpha value is -5.60. The first-order chi connectivity index (χ1) is 22.4. The van der Waals surface area contributed by atoms with Crippen LogP contribution in [0.3, 0.4) is 0 Å². The molecule has 0 saturated carbocycles. The Morgan fingerprint density at radius 2 is 1.04 bits per heavy atom. The maximum Gasteiger partial charge on any atom is 0.0894 e. The van der Waals surface area contributed by atoms with Crippen molar-refractivity contribution in [2.45, 2.75) is 26.2 Å². The summed E-state index contributed by atoms with van der Waals surface area (Å²) in [6, 6.07) is 48.8. The van der Waals surface area contributed by atoms with Crippen molar-refractivity contribution >= 4 is 54.1 Å². The maximum atomic E-state index is 4.89. The van der Waals surface area contributed by atoms with Crippen molar-refractivity contribution in [1.82, 2.24) is 9.97 Å². The van der Waals surface area contributed by atoms with Crippen molar-refractivity contribution in [3.8, 4) is 33.5 Å². The number of rotatable bonds is 3. The van der Waals surface area contributed by atoms with Gasteiger partial charge < -0.3 is 0 Å². The smallest absolute Gasteiger partial charge is 0.0894 e. The highest BCUT2D eigenvalue weighted by molar-refractivity contribution is 6.28. The molecule has 9 aromatic rings. The highest BCUT2D eigenvalue weighted by Crippen LogP contribution is 2.45. The molecule has 0 aliphatic carbocycles. The lowest BCUT2D eigenvalue weighted by molar-refractivity contribution is 0.591. The molecule has 8 aromatic carbocycles. The fourth-order valence-corrected chi connectivity index (χ4v) is 7.10. The molecule has 0 saturated heterocycles. The molecule has 0 aliphatic rings. The average molecular weight is 589 g/mol. The summed E-state index contributed by atoms with van der Waals surface area (Å²) in [4.78, 5) is 9.55. The summed E-state index contributed by atoms with van der Waals surface area (Å²) >= 11 is 0. The molecule has 0 bridgehead atoms. The van der Waals surface area contributed by atoms with Gasteiger partial charge in [0.25, 0.3) is 0 Å². The molecule has 46 heavy (non-hydrogen) atoms. The van der Waals surface area contributed by atoms with Gasteiger partial charge in [-0.05, 0) is 101 Å². The molecule has 0 aliphatic heterocycles. The summed E-state index contributed by atoms with van der Waals surface area (Å²) in [6.45, 7) is 6.88. The normalized spacial score (nSPS) is 12.2. The fraction of sp³-hybridized carbons (Fsp3) is 0.0909. The van der Waals surface area contributed by atoms with Crippen LogP contribution in [0.1, 0.15) is 26.3 Å². The van der Waals surface area contributed by atoms with Crippen LogP contribution in [0.15, 0.2) is 140 Å². The van der Waals surface area contributed by atoms with Gasteiger partial charge in [-0.2, -0.15) is 0 Å². The van der Waals surface area contributed by atoms with Gasteiger partial charge in [-0.1, -0.05) is 130 Å². The molecule has 0 fully saturated rings. The van der Waals surface area contributed by atoms with Crippen LogP contribution in [0.4, 0.5) is 0 Å². The van der Waals surface area contributed by atoms with E-state index in [4.69, 9.17) is 4.98 Å². The number of nitrogens with zero attached hydrogens (tertiary/aromatic N) is 2. The molecule has 0 spiro atoms. The van der Waals surface area contributed by atoms with Crippen LogP contribution < -0.4 is 0 Å². The number of fused-ring (bicyclic) bond motifs is 2. The lowest BCUT2D eigenvalue weighted by Gasteiger charge is -2.23. The van der Waals surface area contributed by atoms with E-state index >= 15 is 0 Å². The van der Waals surface area contributed by atoms with E-state index in [9.17, 15) is 0 Å². The third-order valence-corrected chi connectivity index (χ3v) is 9.58. The van der Waals surface area contributed by atoms with Crippen LogP contribution >= 0.6 is 0 Å². The fourth-order valence-electron chi connectivity index (χ4n) is 7.10. The molecule has 1 aromatic heterocycles. The van der Waals surface area contributed by atoms with E-state index < -0.39 is 0 Å². The third kappa shape index (κ3) is 4.25. The quantitative estimate of drug-likeness (QED) is 0.192. The summed E-state index contributed by atoms with van der Waals surface area (Å²) in [5.41, 5.74) is 10.1. The highest BCUT2D eigenvalue weighted by atomic mass is 14.8. The molecular formula is C44H32N2.